The standard InChI is InChI=1S/C18H20N2O3S/c1-12-19-16-10-7-14(11-17(16)23-12)20-24(21,22)15-8-5-13(6-9-15)18(2,3)4/h5-11,20H,1-4H3. The van der Waals surface area contributed by atoms with Crippen molar-refractivity contribution >= 4 is 26.8 Å². The summed E-state index contributed by atoms with van der Waals surface area (Å²) in [5.41, 5.74) is 2.75. The third kappa shape index (κ3) is 3.28. The van der Waals surface area contributed by atoms with Gasteiger partial charge in [-0.1, -0.05) is 32.9 Å². The number of nitrogens with zero attached hydrogens (tertiary/aromatic N) is 1. The molecule has 3 rings (SSSR count). The maximum Gasteiger partial charge on any atom is 0.261 e. The molecule has 126 valence electrons. The molecule has 1 N–H and O–H groups in total. The number of fused-ring (bicyclic) bond motifs is 1. The minimum absolute atomic E-state index is 0.0229. The van der Waals surface area contributed by atoms with Crippen LogP contribution in [0.2, 0.25) is 0 Å². The minimum Gasteiger partial charge on any atom is -0.441 e. The Morgan fingerprint density at radius 2 is 1.71 bits per heavy atom. The Bertz CT molecular complexity index is 981. The Morgan fingerprint density at radius 1 is 1.04 bits per heavy atom. The second kappa shape index (κ2) is 5.63. The van der Waals surface area contributed by atoms with Crippen molar-refractivity contribution in [1.29, 1.82) is 0 Å². The lowest BCUT2D eigenvalue weighted by molar-refractivity contribution is 0.561. The van der Waals surface area contributed by atoms with E-state index in [1.807, 2.05) is 12.1 Å². The molecule has 0 fully saturated rings. The second-order valence-corrected chi connectivity index (χ2v) is 8.48. The number of benzene rings is 2. The first kappa shape index (κ1) is 16.5. The summed E-state index contributed by atoms with van der Waals surface area (Å²) in [5.74, 6) is 0.544. The summed E-state index contributed by atoms with van der Waals surface area (Å²) in [6.07, 6.45) is 0. The predicted octanol–water partition coefficient (Wildman–Crippen LogP) is 4.23. The first-order valence-corrected chi connectivity index (χ1v) is 9.14. The average molecular weight is 344 g/mol. The Balaban J connectivity index is 1.89. The minimum atomic E-state index is -3.65. The van der Waals surface area contributed by atoms with Gasteiger partial charge in [0.15, 0.2) is 11.5 Å². The maximum absolute atomic E-state index is 12.5. The van der Waals surface area contributed by atoms with Crippen LogP contribution < -0.4 is 4.72 Å². The van der Waals surface area contributed by atoms with E-state index in [1.54, 1.807) is 37.3 Å². The van der Waals surface area contributed by atoms with E-state index in [0.717, 1.165) is 5.56 Å². The van der Waals surface area contributed by atoms with Gasteiger partial charge in [0.25, 0.3) is 10.0 Å². The summed E-state index contributed by atoms with van der Waals surface area (Å²) in [5, 5.41) is 0. The van der Waals surface area contributed by atoms with Crippen molar-refractivity contribution in [3.63, 3.8) is 0 Å². The van der Waals surface area contributed by atoms with Gasteiger partial charge in [-0.05, 0) is 35.2 Å². The van der Waals surface area contributed by atoms with Gasteiger partial charge in [0.05, 0.1) is 10.6 Å². The zero-order valence-electron chi connectivity index (χ0n) is 14.1. The zero-order chi connectivity index (χ0) is 17.5. The molecule has 3 aromatic rings. The van der Waals surface area contributed by atoms with Crippen molar-refractivity contribution in [2.45, 2.75) is 38.0 Å². The van der Waals surface area contributed by atoms with Crippen molar-refractivity contribution in [3.05, 3.63) is 53.9 Å². The Morgan fingerprint density at radius 3 is 2.33 bits per heavy atom. The summed E-state index contributed by atoms with van der Waals surface area (Å²) in [4.78, 5) is 4.42. The molecule has 0 bridgehead atoms. The number of anilines is 1. The molecule has 6 heteroatoms. The number of hydrogen-bond acceptors (Lipinski definition) is 4. The fraction of sp³-hybridized carbons (Fsp3) is 0.278. The summed E-state index contributed by atoms with van der Waals surface area (Å²) < 4.78 is 33.1. The van der Waals surface area contributed by atoms with E-state index in [-0.39, 0.29) is 10.3 Å². The number of nitrogens with one attached hydrogen (secondary N) is 1. The van der Waals surface area contributed by atoms with Crippen molar-refractivity contribution in [2.24, 2.45) is 0 Å². The lowest BCUT2D eigenvalue weighted by Crippen LogP contribution is -2.14. The van der Waals surface area contributed by atoms with E-state index in [1.165, 1.54) is 0 Å². The quantitative estimate of drug-likeness (QED) is 0.771. The van der Waals surface area contributed by atoms with Crippen molar-refractivity contribution in [1.82, 2.24) is 4.98 Å². The molecule has 0 aliphatic heterocycles. The monoisotopic (exact) mass is 344 g/mol. The Kier molecular flexibility index (Phi) is 3.87. The van der Waals surface area contributed by atoms with E-state index in [2.05, 4.69) is 30.5 Å². The van der Waals surface area contributed by atoms with Gasteiger partial charge in [0.2, 0.25) is 0 Å². The van der Waals surface area contributed by atoms with E-state index in [9.17, 15) is 8.42 Å². The molecule has 0 saturated heterocycles. The number of hydrogen-bond donors (Lipinski definition) is 1. The van der Waals surface area contributed by atoms with Crippen LogP contribution in [0.25, 0.3) is 11.1 Å². The summed E-state index contributed by atoms with van der Waals surface area (Å²) in [7, 11) is -3.65. The molecule has 0 atom stereocenters. The lowest BCUT2D eigenvalue weighted by atomic mass is 9.87. The summed E-state index contributed by atoms with van der Waals surface area (Å²) in [6.45, 7) is 8.01. The summed E-state index contributed by atoms with van der Waals surface area (Å²) >= 11 is 0. The molecule has 0 unspecified atom stereocenters. The van der Waals surface area contributed by atoms with Gasteiger partial charge in [-0.25, -0.2) is 13.4 Å². The Labute approximate surface area is 141 Å². The number of rotatable bonds is 3. The molecule has 1 heterocycles. The van der Waals surface area contributed by atoms with Crippen molar-refractivity contribution < 1.29 is 12.8 Å². The van der Waals surface area contributed by atoms with Gasteiger partial charge in [-0.15, -0.1) is 0 Å². The molecule has 24 heavy (non-hydrogen) atoms. The van der Waals surface area contributed by atoms with Gasteiger partial charge in [-0.2, -0.15) is 0 Å². The van der Waals surface area contributed by atoms with Crippen LogP contribution in [0.5, 0.6) is 0 Å². The number of oxazole rings is 1. The highest BCUT2D eigenvalue weighted by molar-refractivity contribution is 7.92. The molecule has 0 spiro atoms. The molecule has 5 nitrogen and oxygen atoms in total. The molecule has 0 saturated carbocycles. The second-order valence-electron chi connectivity index (χ2n) is 6.80. The largest absolute Gasteiger partial charge is 0.441 e. The molecule has 0 aliphatic carbocycles. The van der Waals surface area contributed by atoms with Gasteiger partial charge >= 0.3 is 0 Å². The van der Waals surface area contributed by atoms with Gasteiger partial charge in [0.1, 0.15) is 5.52 Å². The number of sulfonamides is 1. The topological polar surface area (TPSA) is 72.2 Å². The maximum atomic E-state index is 12.5. The van der Waals surface area contributed by atoms with E-state index in [4.69, 9.17) is 4.42 Å². The third-order valence-electron chi connectivity index (χ3n) is 3.78. The molecule has 0 radical (unpaired) electrons. The van der Waals surface area contributed by atoms with Gasteiger partial charge in [-0.3, -0.25) is 4.72 Å². The van der Waals surface area contributed by atoms with Crippen LogP contribution in [-0.2, 0) is 15.4 Å². The fourth-order valence-electron chi connectivity index (χ4n) is 2.45. The molecule has 0 amide bonds. The van der Waals surface area contributed by atoms with E-state index < -0.39 is 10.0 Å². The fourth-order valence-corrected chi connectivity index (χ4v) is 3.50. The molecular formula is C18H20N2O3S. The SMILES string of the molecule is Cc1nc2ccc(NS(=O)(=O)c3ccc(C(C)(C)C)cc3)cc2o1. The highest BCUT2D eigenvalue weighted by atomic mass is 32.2. The van der Waals surface area contributed by atoms with E-state index in [0.29, 0.717) is 22.7 Å². The van der Waals surface area contributed by atoms with Crippen LogP contribution in [-0.4, -0.2) is 13.4 Å². The highest BCUT2D eigenvalue weighted by Gasteiger charge is 2.18. The average Bonchev–Trinajstić information content (AvgIpc) is 2.85. The van der Waals surface area contributed by atoms with Crippen molar-refractivity contribution in [2.75, 3.05) is 4.72 Å². The molecule has 2 aromatic carbocycles. The van der Waals surface area contributed by atoms with Crippen molar-refractivity contribution in [3.8, 4) is 0 Å². The van der Waals surface area contributed by atoms with Crippen LogP contribution >= 0.6 is 0 Å². The van der Waals surface area contributed by atoms with E-state index >= 15 is 0 Å². The van der Waals surface area contributed by atoms with Crippen LogP contribution in [0.3, 0.4) is 0 Å². The predicted molar refractivity (Wildman–Crippen MR) is 94.7 cm³/mol. The molecule has 0 aliphatic rings. The molecule has 1 aromatic heterocycles. The third-order valence-corrected chi connectivity index (χ3v) is 5.18. The summed E-state index contributed by atoms with van der Waals surface area (Å²) in [6, 6.07) is 12.0. The first-order chi connectivity index (χ1) is 11.1. The number of aromatic nitrogens is 1. The lowest BCUT2D eigenvalue weighted by Gasteiger charge is -2.19. The first-order valence-electron chi connectivity index (χ1n) is 7.66. The van der Waals surface area contributed by atoms with Gasteiger partial charge in [0, 0.05) is 13.0 Å². The number of aryl methyl sites for hydroxylation is 1. The molecular weight excluding hydrogens is 324 g/mol. The van der Waals surface area contributed by atoms with Crippen LogP contribution in [0.1, 0.15) is 32.2 Å². The van der Waals surface area contributed by atoms with Crippen LogP contribution in [0.15, 0.2) is 51.8 Å². The smallest absolute Gasteiger partial charge is 0.261 e. The van der Waals surface area contributed by atoms with Crippen LogP contribution in [0.4, 0.5) is 5.69 Å². The zero-order valence-corrected chi connectivity index (χ0v) is 14.9. The Hall–Kier alpha value is -2.34. The highest BCUT2D eigenvalue weighted by Crippen LogP contribution is 2.25. The van der Waals surface area contributed by atoms with Crippen LogP contribution in [0, 0.1) is 6.92 Å². The normalized spacial score (nSPS) is 12.5. The van der Waals surface area contributed by atoms with Gasteiger partial charge < -0.3 is 4.42 Å².